The molecule has 134 valence electrons. The van der Waals surface area contributed by atoms with Crippen molar-refractivity contribution in [2.75, 3.05) is 33.8 Å². The van der Waals surface area contributed by atoms with Crippen molar-refractivity contribution in [3.05, 3.63) is 24.3 Å². The number of hydrogen-bond acceptors (Lipinski definition) is 4. The van der Waals surface area contributed by atoms with Gasteiger partial charge in [0.2, 0.25) is 0 Å². The van der Waals surface area contributed by atoms with E-state index in [0.717, 1.165) is 32.0 Å². The van der Waals surface area contributed by atoms with Gasteiger partial charge in [-0.2, -0.15) is 0 Å². The molecule has 0 radical (unpaired) electrons. The summed E-state index contributed by atoms with van der Waals surface area (Å²) in [4.78, 5) is 14.8. The van der Waals surface area contributed by atoms with Gasteiger partial charge in [0, 0.05) is 6.54 Å². The SMILES string of the molecule is CCC(Oc1ccccc1OC)C(=O)NCCC1CCN(C)CC1. The summed E-state index contributed by atoms with van der Waals surface area (Å²) in [7, 11) is 3.77. The van der Waals surface area contributed by atoms with Crippen LogP contribution < -0.4 is 14.8 Å². The van der Waals surface area contributed by atoms with Gasteiger partial charge in [0.25, 0.3) is 5.91 Å². The normalized spacial score (nSPS) is 17.3. The number of nitrogens with zero attached hydrogens (tertiary/aromatic N) is 1. The zero-order chi connectivity index (χ0) is 17.4. The molecule has 0 aromatic heterocycles. The molecule has 5 nitrogen and oxygen atoms in total. The molecule has 5 heteroatoms. The van der Waals surface area contributed by atoms with Gasteiger partial charge in [-0.05, 0) is 63.9 Å². The average Bonchev–Trinajstić information content (AvgIpc) is 2.61. The lowest BCUT2D eigenvalue weighted by Crippen LogP contribution is -2.39. The summed E-state index contributed by atoms with van der Waals surface area (Å²) in [6.45, 7) is 5.00. The predicted octanol–water partition coefficient (Wildman–Crippen LogP) is 2.70. The van der Waals surface area contributed by atoms with Crippen LogP contribution in [0.3, 0.4) is 0 Å². The third-order valence-electron chi connectivity index (χ3n) is 4.69. The smallest absolute Gasteiger partial charge is 0.261 e. The molecule has 1 N–H and O–H groups in total. The van der Waals surface area contributed by atoms with E-state index < -0.39 is 6.10 Å². The molecule has 0 saturated carbocycles. The molecule has 1 heterocycles. The van der Waals surface area contributed by atoms with Gasteiger partial charge in [-0.25, -0.2) is 0 Å². The van der Waals surface area contributed by atoms with Crippen molar-refractivity contribution in [2.24, 2.45) is 5.92 Å². The minimum absolute atomic E-state index is 0.0451. The fourth-order valence-electron chi connectivity index (χ4n) is 3.06. The number of ether oxygens (including phenoxy) is 2. The number of carbonyl (C=O) groups is 1. The van der Waals surface area contributed by atoms with Crippen LogP contribution in [0.1, 0.15) is 32.6 Å². The van der Waals surface area contributed by atoms with E-state index in [0.29, 0.717) is 17.9 Å². The van der Waals surface area contributed by atoms with E-state index in [2.05, 4.69) is 17.3 Å². The quantitative estimate of drug-likeness (QED) is 0.794. The second-order valence-electron chi connectivity index (χ2n) is 6.49. The third-order valence-corrected chi connectivity index (χ3v) is 4.69. The monoisotopic (exact) mass is 334 g/mol. The Morgan fingerprint density at radius 2 is 1.96 bits per heavy atom. The number of nitrogens with one attached hydrogen (secondary N) is 1. The van der Waals surface area contributed by atoms with Crippen LogP contribution in [0.25, 0.3) is 0 Å². The van der Waals surface area contributed by atoms with Crippen LogP contribution in [0.5, 0.6) is 11.5 Å². The van der Waals surface area contributed by atoms with Gasteiger partial charge in [-0.1, -0.05) is 19.1 Å². The molecule has 1 atom stereocenters. The molecule has 1 aliphatic heterocycles. The van der Waals surface area contributed by atoms with E-state index in [1.54, 1.807) is 7.11 Å². The molecule has 1 unspecified atom stereocenters. The van der Waals surface area contributed by atoms with Crippen LogP contribution in [-0.4, -0.2) is 50.7 Å². The van der Waals surface area contributed by atoms with Crippen molar-refractivity contribution in [1.29, 1.82) is 0 Å². The zero-order valence-electron chi connectivity index (χ0n) is 15.1. The topological polar surface area (TPSA) is 50.8 Å². The highest BCUT2D eigenvalue weighted by atomic mass is 16.5. The van der Waals surface area contributed by atoms with Gasteiger partial charge in [0.1, 0.15) is 0 Å². The first-order valence-electron chi connectivity index (χ1n) is 8.90. The first-order valence-corrected chi connectivity index (χ1v) is 8.90. The lowest BCUT2D eigenvalue weighted by molar-refractivity contribution is -0.128. The number of amides is 1. The lowest BCUT2D eigenvalue weighted by Gasteiger charge is -2.29. The number of piperidine rings is 1. The van der Waals surface area contributed by atoms with E-state index in [1.165, 1.54) is 12.8 Å². The van der Waals surface area contributed by atoms with Crippen molar-refractivity contribution >= 4 is 5.91 Å². The Labute approximate surface area is 145 Å². The molecule has 0 bridgehead atoms. The second kappa shape index (κ2) is 9.52. The average molecular weight is 334 g/mol. The molecule has 1 aromatic carbocycles. The van der Waals surface area contributed by atoms with E-state index >= 15 is 0 Å². The predicted molar refractivity (Wildman–Crippen MR) is 95.5 cm³/mol. The minimum Gasteiger partial charge on any atom is -0.493 e. The zero-order valence-corrected chi connectivity index (χ0v) is 15.1. The Kier molecular flexibility index (Phi) is 7.37. The van der Waals surface area contributed by atoms with Gasteiger partial charge >= 0.3 is 0 Å². The Hall–Kier alpha value is -1.75. The third kappa shape index (κ3) is 5.41. The molecule has 2 rings (SSSR count). The molecule has 0 spiro atoms. The largest absolute Gasteiger partial charge is 0.493 e. The molecule has 1 saturated heterocycles. The van der Waals surface area contributed by atoms with Crippen molar-refractivity contribution < 1.29 is 14.3 Å². The fraction of sp³-hybridized carbons (Fsp3) is 0.632. The molecular formula is C19H30N2O3. The number of rotatable bonds is 8. The van der Waals surface area contributed by atoms with Gasteiger partial charge in [-0.3, -0.25) is 4.79 Å². The van der Waals surface area contributed by atoms with Crippen molar-refractivity contribution in [3.63, 3.8) is 0 Å². The lowest BCUT2D eigenvalue weighted by atomic mass is 9.94. The van der Waals surface area contributed by atoms with Gasteiger partial charge in [0.05, 0.1) is 7.11 Å². The van der Waals surface area contributed by atoms with Crippen LogP contribution in [0.15, 0.2) is 24.3 Å². The number of methoxy groups -OCH3 is 1. The molecule has 1 aliphatic rings. The summed E-state index contributed by atoms with van der Waals surface area (Å²) in [6, 6.07) is 7.42. The molecule has 1 fully saturated rings. The summed E-state index contributed by atoms with van der Waals surface area (Å²) < 4.78 is 11.1. The fourth-order valence-corrected chi connectivity index (χ4v) is 3.06. The second-order valence-corrected chi connectivity index (χ2v) is 6.49. The Balaban J connectivity index is 1.79. The van der Waals surface area contributed by atoms with Crippen LogP contribution in [0.2, 0.25) is 0 Å². The number of para-hydroxylation sites is 2. The molecule has 24 heavy (non-hydrogen) atoms. The maximum absolute atomic E-state index is 12.4. The highest BCUT2D eigenvalue weighted by molar-refractivity contribution is 5.81. The highest BCUT2D eigenvalue weighted by Crippen LogP contribution is 2.27. The van der Waals surface area contributed by atoms with Crippen LogP contribution >= 0.6 is 0 Å². The molecule has 1 aromatic rings. The summed E-state index contributed by atoms with van der Waals surface area (Å²) in [5.41, 5.74) is 0. The van der Waals surface area contributed by atoms with Gasteiger partial charge in [-0.15, -0.1) is 0 Å². The van der Waals surface area contributed by atoms with E-state index in [1.807, 2.05) is 31.2 Å². The highest BCUT2D eigenvalue weighted by Gasteiger charge is 2.21. The molecular weight excluding hydrogens is 304 g/mol. The number of hydrogen-bond donors (Lipinski definition) is 1. The number of carbonyl (C=O) groups excluding carboxylic acids is 1. The van der Waals surface area contributed by atoms with Crippen LogP contribution in [0, 0.1) is 5.92 Å². The Morgan fingerprint density at radius 3 is 2.58 bits per heavy atom. The molecule has 1 amide bonds. The van der Waals surface area contributed by atoms with Crippen molar-refractivity contribution in [3.8, 4) is 11.5 Å². The Bertz CT molecular complexity index is 513. The molecule has 0 aliphatic carbocycles. The van der Waals surface area contributed by atoms with E-state index in [4.69, 9.17) is 9.47 Å². The van der Waals surface area contributed by atoms with Crippen LogP contribution in [0.4, 0.5) is 0 Å². The van der Waals surface area contributed by atoms with Gasteiger partial charge < -0.3 is 19.7 Å². The summed E-state index contributed by atoms with van der Waals surface area (Å²) in [6.07, 6.45) is 3.63. The maximum Gasteiger partial charge on any atom is 0.261 e. The summed E-state index contributed by atoms with van der Waals surface area (Å²) in [5, 5.41) is 3.03. The van der Waals surface area contributed by atoms with E-state index in [9.17, 15) is 4.79 Å². The van der Waals surface area contributed by atoms with Crippen LogP contribution in [-0.2, 0) is 4.79 Å². The Morgan fingerprint density at radius 1 is 1.29 bits per heavy atom. The summed E-state index contributed by atoms with van der Waals surface area (Å²) in [5.74, 6) is 1.93. The maximum atomic E-state index is 12.4. The van der Waals surface area contributed by atoms with Crippen molar-refractivity contribution in [1.82, 2.24) is 10.2 Å². The first-order chi connectivity index (χ1) is 11.6. The van der Waals surface area contributed by atoms with Gasteiger partial charge in [0.15, 0.2) is 17.6 Å². The standard InChI is InChI=1S/C19H30N2O3/c1-4-16(24-18-8-6-5-7-17(18)23-3)19(22)20-12-9-15-10-13-21(2)14-11-15/h5-8,15-16H,4,9-14H2,1-3H3,(H,20,22). The summed E-state index contributed by atoms with van der Waals surface area (Å²) >= 11 is 0. The number of benzene rings is 1. The van der Waals surface area contributed by atoms with E-state index in [-0.39, 0.29) is 5.91 Å². The number of likely N-dealkylation sites (tertiary alicyclic amines) is 1. The first kappa shape index (κ1) is 18.6. The minimum atomic E-state index is -0.487. The van der Waals surface area contributed by atoms with Crippen molar-refractivity contribution in [2.45, 2.75) is 38.7 Å².